The Labute approximate surface area is 88.8 Å². The second kappa shape index (κ2) is 17.5. The van der Waals surface area contributed by atoms with Crippen LogP contribution in [0.4, 0.5) is 4.79 Å². The second-order valence-corrected chi connectivity index (χ2v) is 2.35. The first-order valence-corrected chi connectivity index (χ1v) is 4.21. The number of aliphatic hydroxyl groups is 1. The van der Waals surface area contributed by atoms with Crippen LogP contribution in [0.1, 0.15) is 13.3 Å². The van der Waals surface area contributed by atoms with Gasteiger partial charge in [0.1, 0.15) is 0 Å². The lowest BCUT2D eigenvalue weighted by Crippen LogP contribution is -2.12. The first-order valence-electron chi connectivity index (χ1n) is 3.36. The molecule has 7 heteroatoms. The van der Waals surface area contributed by atoms with Crippen LogP contribution in [-0.4, -0.2) is 29.2 Å². The van der Waals surface area contributed by atoms with Crippen LogP contribution < -0.4 is 11.5 Å². The first kappa shape index (κ1) is 18.3. The van der Waals surface area contributed by atoms with Crippen LogP contribution in [0.15, 0.2) is 0 Å². The lowest BCUT2D eigenvalue weighted by atomic mass is 10.5. The molecule has 0 radical (unpaired) electrons. The number of carbonyl (C=O) groups is 1. The molecule has 0 rings (SSSR count). The van der Waals surface area contributed by atoms with Crippen molar-refractivity contribution < 1.29 is 14.6 Å². The molecule has 0 spiro atoms. The van der Waals surface area contributed by atoms with Gasteiger partial charge in [0.25, 0.3) is 10.4 Å². The van der Waals surface area contributed by atoms with E-state index in [1.165, 1.54) is 0 Å². The highest BCUT2D eigenvalue weighted by Crippen LogP contribution is 1.77. The smallest absolute Gasteiger partial charge is 0.273 e. The average Bonchev–Trinajstić information content (AvgIpc) is 2.03. The molecule has 0 aromatic rings. The van der Waals surface area contributed by atoms with E-state index in [0.717, 1.165) is 13.5 Å². The van der Waals surface area contributed by atoms with Crippen molar-refractivity contribution in [2.75, 3.05) is 13.7 Å². The Morgan fingerprint density at radius 2 is 1.85 bits per heavy atom. The molecule has 0 aliphatic heterocycles. The van der Waals surface area contributed by atoms with Gasteiger partial charge >= 0.3 is 0 Å². The van der Waals surface area contributed by atoms with Crippen molar-refractivity contribution in [1.82, 2.24) is 0 Å². The van der Waals surface area contributed by atoms with Crippen LogP contribution in [0.2, 0.25) is 0 Å². The summed E-state index contributed by atoms with van der Waals surface area (Å²) in [5.41, 5.74) is 9.32. The van der Waals surface area contributed by atoms with Crippen LogP contribution in [0, 0.1) is 0 Å². The molecule has 0 aliphatic carbocycles. The Hall–Kier alpha value is -0.530. The molecule has 0 atom stereocenters. The zero-order valence-corrected chi connectivity index (χ0v) is 9.40. The van der Waals surface area contributed by atoms with Crippen molar-refractivity contribution in [3.63, 3.8) is 0 Å². The van der Waals surface area contributed by atoms with E-state index in [0.29, 0.717) is 6.61 Å². The van der Waals surface area contributed by atoms with Gasteiger partial charge in [0, 0.05) is 7.11 Å². The lowest BCUT2D eigenvalue weighted by Gasteiger charge is -1.96. The van der Waals surface area contributed by atoms with Gasteiger partial charge in [-0.2, -0.15) is 0 Å². The molecule has 5 nitrogen and oxygen atoms in total. The van der Waals surface area contributed by atoms with Gasteiger partial charge in [-0.1, -0.05) is 19.6 Å². The van der Waals surface area contributed by atoms with Gasteiger partial charge in [-0.15, -0.1) is 0 Å². The number of thiocarbonyl (C=S) groups is 1. The Kier molecular flexibility index (Phi) is 24.7. The Morgan fingerprint density at radius 1 is 1.54 bits per heavy atom. The molecule has 1 amide bonds. The number of primary amides is 1. The third-order valence-corrected chi connectivity index (χ3v) is 0.566. The number of carbonyl (C=O) groups excluding carboxylic acids is 1. The normalized spacial score (nSPS) is 6.77. The summed E-state index contributed by atoms with van der Waals surface area (Å²) >= 11 is 7.52. The summed E-state index contributed by atoms with van der Waals surface area (Å²) in [6.07, 6.45) is 0.956. The van der Waals surface area contributed by atoms with Crippen molar-refractivity contribution in [1.29, 1.82) is 0 Å². The number of amides is 1. The fourth-order valence-electron chi connectivity index (χ4n) is 0.203. The Balaban J connectivity index is -0.000000142. The largest absolute Gasteiger partial charge is 0.471 e. The third kappa shape index (κ3) is 85.4. The van der Waals surface area contributed by atoms with Gasteiger partial charge in [0.15, 0.2) is 0 Å². The average molecular weight is 228 g/mol. The summed E-state index contributed by atoms with van der Waals surface area (Å²) in [7, 11) is 1.00. The van der Waals surface area contributed by atoms with E-state index >= 15 is 0 Å². The van der Waals surface area contributed by atoms with E-state index in [1.807, 2.05) is 6.92 Å². The van der Waals surface area contributed by atoms with Crippen LogP contribution >= 0.6 is 24.8 Å². The summed E-state index contributed by atoms with van der Waals surface area (Å²) in [5.74, 6) is 0. The van der Waals surface area contributed by atoms with Crippen molar-refractivity contribution in [3.8, 4) is 0 Å². The van der Waals surface area contributed by atoms with Gasteiger partial charge in [0.05, 0.1) is 6.61 Å². The molecular formula is C6H16N2O3S2. The van der Waals surface area contributed by atoms with Crippen LogP contribution in [0.25, 0.3) is 0 Å². The van der Waals surface area contributed by atoms with Gasteiger partial charge in [-0.3, -0.25) is 4.79 Å². The molecule has 0 saturated heterocycles. The highest BCUT2D eigenvalue weighted by molar-refractivity contribution is 7.96. The van der Waals surface area contributed by atoms with E-state index < -0.39 is 5.24 Å². The van der Waals surface area contributed by atoms with E-state index in [2.05, 4.69) is 30.6 Å². The van der Waals surface area contributed by atoms with Crippen molar-refractivity contribution >= 4 is 35.3 Å². The summed E-state index contributed by atoms with van der Waals surface area (Å²) < 4.78 is 4.70. The SMILES string of the molecule is CCCOC(N)=S.CO.NC(=O)S. The fourth-order valence-corrected chi connectivity index (χ4v) is 0.286. The van der Waals surface area contributed by atoms with Crippen LogP contribution in [-0.2, 0) is 4.74 Å². The molecule has 13 heavy (non-hydrogen) atoms. The zero-order valence-electron chi connectivity index (χ0n) is 7.69. The summed E-state index contributed by atoms with van der Waals surface area (Å²) in [6.45, 7) is 2.63. The molecule has 80 valence electrons. The minimum absolute atomic E-state index is 0.141. The second-order valence-electron chi connectivity index (χ2n) is 1.51. The van der Waals surface area contributed by atoms with Gasteiger partial charge in [0.2, 0.25) is 0 Å². The van der Waals surface area contributed by atoms with E-state index in [9.17, 15) is 0 Å². The number of ether oxygens (including phenoxy) is 1. The van der Waals surface area contributed by atoms with Crippen molar-refractivity contribution in [2.45, 2.75) is 13.3 Å². The number of hydrogen-bond donors (Lipinski definition) is 4. The maximum atomic E-state index is 9.09. The predicted octanol–water partition coefficient (Wildman–Crippen LogP) is 0.260. The maximum absolute atomic E-state index is 9.09. The Morgan fingerprint density at radius 3 is 1.92 bits per heavy atom. The molecule has 0 bridgehead atoms. The molecule has 0 saturated carbocycles. The Bertz CT molecular complexity index is 129. The molecule has 0 aromatic heterocycles. The standard InChI is InChI=1S/C4H9NOS.CH3NOS.CH4O/c1-2-3-6-4(5)7;2-1(3)4;1-2/h2-3H2,1H3,(H2,5,7);(H3,2,3,4);2H,1H3. The van der Waals surface area contributed by atoms with Crippen molar-refractivity contribution in [3.05, 3.63) is 0 Å². The minimum Gasteiger partial charge on any atom is -0.471 e. The van der Waals surface area contributed by atoms with Gasteiger partial charge < -0.3 is 21.3 Å². The molecule has 0 heterocycles. The number of nitrogens with two attached hydrogens (primary N) is 2. The highest BCUT2D eigenvalue weighted by Gasteiger charge is 1.81. The van der Waals surface area contributed by atoms with Gasteiger partial charge in [-0.25, -0.2) is 0 Å². The number of thiol groups is 1. The topological polar surface area (TPSA) is 98.6 Å². The summed E-state index contributed by atoms with van der Waals surface area (Å²) in [5, 5.41) is 6.50. The monoisotopic (exact) mass is 228 g/mol. The van der Waals surface area contributed by atoms with Gasteiger partial charge in [-0.05, 0) is 18.6 Å². The quantitative estimate of drug-likeness (QED) is 0.401. The highest BCUT2D eigenvalue weighted by atomic mass is 32.1. The molecule has 0 aromatic carbocycles. The molecule has 0 unspecified atom stereocenters. The van der Waals surface area contributed by atoms with E-state index in [-0.39, 0.29) is 5.17 Å². The number of rotatable bonds is 2. The first-order chi connectivity index (χ1) is 6.00. The molecular weight excluding hydrogens is 212 g/mol. The summed E-state index contributed by atoms with van der Waals surface area (Å²) in [6, 6.07) is 0. The van der Waals surface area contributed by atoms with Crippen molar-refractivity contribution in [2.24, 2.45) is 11.5 Å². The number of aliphatic hydroxyl groups excluding tert-OH is 1. The van der Waals surface area contributed by atoms with Crippen LogP contribution in [0.5, 0.6) is 0 Å². The maximum Gasteiger partial charge on any atom is 0.273 e. The predicted molar refractivity (Wildman–Crippen MR) is 59.7 cm³/mol. The summed E-state index contributed by atoms with van der Waals surface area (Å²) in [4.78, 5) is 9.09. The molecule has 5 N–H and O–H groups in total. The lowest BCUT2D eigenvalue weighted by molar-refractivity contribution is 0.267. The molecule has 0 fully saturated rings. The van der Waals surface area contributed by atoms with E-state index in [1.54, 1.807) is 0 Å². The number of hydrogen-bond acceptors (Lipinski definition) is 4. The fraction of sp³-hybridized carbons (Fsp3) is 0.667. The molecule has 0 aliphatic rings. The third-order valence-electron chi connectivity index (χ3n) is 0.448. The zero-order chi connectivity index (χ0) is 11.3. The van der Waals surface area contributed by atoms with Crippen LogP contribution in [0.3, 0.4) is 0 Å². The van der Waals surface area contributed by atoms with E-state index in [4.69, 9.17) is 20.4 Å². The minimum atomic E-state index is -0.639.